The smallest absolute Gasteiger partial charge is 0.231 e. The van der Waals surface area contributed by atoms with Crippen LogP contribution in [-0.4, -0.2) is 26.4 Å². The van der Waals surface area contributed by atoms with Crippen LogP contribution in [0.2, 0.25) is 0 Å². The van der Waals surface area contributed by atoms with E-state index in [-0.39, 0.29) is 22.8 Å². The van der Waals surface area contributed by atoms with Crippen molar-refractivity contribution >= 4 is 0 Å². The highest BCUT2D eigenvalue weighted by molar-refractivity contribution is 5.46. The molecule has 0 saturated carbocycles. The quantitative estimate of drug-likeness (QED) is 0.929. The molecule has 0 radical (unpaired) electrons. The van der Waals surface area contributed by atoms with Crippen LogP contribution in [0.4, 0.5) is 4.39 Å². The van der Waals surface area contributed by atoms with Crippen molar-refractivity contribution in [2.24, 2.45) is 5.89 Å². The Morgan fingerprint density at radius 1 is 1.21 bits per heavy atom. The monoisotopic (exact) mass is 337 g/mol. The molecule has 2 aromatic carbocycles. The third-order valence-corrected chi connectivity index (χ3v) is 3.70. The minimum atomic E-state index is -2.90. The van der Waals surface area contributed by atoms with Crippen LogP contribution in [0, 0.1) is 11.7 Å². The Morgan fingerprint density at radius 2 is 2.04 bits per heavy atom. The van der Waals surface area contributed by atoms with Crippen molar-refractivity contribution < 1.29 is 29.6 Å². The van der Waals surface area contributed by atoms with E-state index in [0.29, 0.717) is 0 Å². The van der Waals surface area contributed by atoms with E-state index >= 15 is 0 Å². The van der Waals surface area contributed by atoms with Crippen molar-refractivity contribution in [3.05, 3.63) is 53.8 Å². The summed E-state index contributed by atoms with van der Waals surface area (Å²) in [6, 6.07) is 8.62. The summed E-state index contributed by atoms with van der Waals surface area (Å²) >= 11 is 0. The summed E-state index contributed by atoms with van der Waals surface area (Å²) in [5, 5.41) is 2.37. The maximum absolute atomic E-state index is 13.5. The minimum absolute atomic E-state index is 0.0632. The maximum Gasteiger partial charge on any atom is 0.231 e. The van der Waals surface area contributed by atoms with E-state index in [9.17, 15) is 4.39 Å². The van der Waals surface area contributed by atoms with E-state index in [2.05, 4.69) is 5.32 Å². The first-order valence-electron chi connectivity index (χ1n) is 11.4. The van der Waals surface area contributed by atoms with Crippen LogP contribution >= 0.6 is 0 Å². The van der Waals surface area contributed by atoms with Gasteiger partial charge in [-0.05, 0) is 48.6 Å². The van der Waals surface area contributed by atoms with Crippen molar-refractivity contribution in [2.75, 3.05) is 26.4 Å². The number of piperidine rings is 1. The van der Waals surface area contributed by atoms with E-state index < -0.39 is 50.4 Å². The molecule has 4 nitrogen and oxygen atoms in total. The standard InChI is InChI=1S/C19H20FNO3/c20-15-3-1-13(2-4-15)17-7-8-21-10-14(17)11-22-16-5-6-18-19(9-16)24-12-23-18/h1-6,9,14,17,21H,7-8,10-12H2/t14?,17-/m0/s1/i7D2,8D2,12D2,14D,17D. The zero-order valence-electron chi connectivity index (χ0n) is 20.6. The van der Waals surface area contributed by atoms with Crippen molar-refractivity contribution in [3.63, 3.8) is 0 Å². The van der Waals surface area contributed by atoms with Gasteiger partial charge in [0.25, 0.3) is 0 Å². The Hall–Kier alpha value is -2.27. The van der Waals surface area contributed by atoms with Gasteiger partial charge in [-0.25, -0.2) is 4.39 Å². The number of benzene rings is 2. The fraction of sp³-hybridized carbons (Fsp3) is 0.368. The molecule has 2 aliphatic heterocycles. The second kappa shape index (κ2) is 6.69. The van der Waals surface area contributed by atoms with Gasteiger partial charge in [0.15, 0.2) is 11.5 Å². The van der Waals surface area contributed by atoms with Gasteiger partial charge in [-0.1, -0.05) is 12.1 Å². The van der Waals surface area contributed by atoms with Gasteiger partial charge >= 0.3 is 0 Å². The lowest BCUT2D eigenvalue weighted by Gasteiger charge is -2.32. The Balaban J connectivity index is 1.68. The van der Waals surface area contributed by atoms with Gasteiger partial charge in [0, 0.05) is 26.7 Å². The normalized spacial score (nSPS) is 39.7. The first-order valence-corrected chi connectivity index (χ1v) is 7.37. The highest BCUT2D eigenvalue weighted by atomic mass is 19.1. The first kappa shape index (κ1) is 8.72. The van der Waals surface area contributed by atoms with Gasteiger partial charge in [0.1, 0.15) is 14.3 Å². The number of halogens is 1. The molecule has 1 unspecified atom stereocenters. The van der Waals surface area contributed by atoms with Crippen molar-refractivity contribution in [1.82, 2.24) is 5.32 Å². The Morgan fingerprint density at radius 3 is 2.92 bits per heavy atom. The molecule has 0 aliphatic carbocycles. The number of ether oxygens (including phenoxy) is 3. The van der Waals surface area contributed by atoms with Crippen LogP contribution in [-0.2, 0) is 0 Å². The molecule has 2 aromatic rings. The van der Waals surface area contributed by atoms with Crippen molar-refractivity contribution in [3.8, 4) is 17.2 Å². The number of rotatable bonds is 4. The summed E-state index contributed by atoms with van der Waals surface area (Å²) in [7, 11) is 0. The van der Waals surface area contributed by atoms with E-state index in [0.717, 1.165) is 12.1 Å². The molecular formula is C19H20FNO3. The third-order valence-electron chi connectivity index (χ3n) is 3.70. The summed E-state index contributed by atoms with van der Waals surface area (Å²) in [6.45, 7) is -5.92. The largest absolute Gasteiger partial charge is 0.493 e. The summed E-state index contributed by atoms with van der Waals surface area (Å²) in [5.74, 6) is -4.72. The SMILES string of the molecule is [2H]C1([2H])Oc2ccc(OCC3([2H])CNC([2H])([2H])C([2H])([2H])[C@@]3([2H])c3ccc(F)cc3)cc2O1. The van der Waals surface area contributed by atoms with Crippen molar-refractivity contribution in [1.29, 1.82) is 0 Å². The van der Waals surface area contributed by atoms with E-state index in [4.69, 9.17) is 25.2 Å². The van der Waals surface area contributed by atoms with Crippen LogP contribution in [0.3, 0.4) is 0 Å². The predicted octanol–water partition coefficient (Wildman–Crippen LogP) is 3.33. The molecule has 0 aromatic heterocycles. The Kier molecular flexibility index (Phi) is 2.43. The van der Waals surface area contributed by atoms with Gasteiger partial charge in [0.2, 0.25) is 6.75 Å². The van der Waals surface area contributed by atoms with Crippen LogP contribution in [0.15, 0.2) is 42.5 Å². The van der Waals surface area contributed by atoms with Crippen LogP contribution in [0.25, 0.3) is 0 Å². The molecule has 5 heteroatoms. The third kappa shape index (κ3) is 3.17. The number of nitrogens with one attached hydrogen (secondary N) is 1. The molecule has 2 atom stereocenters. The predicted molar refractivity (Wildman–Crippen MR) is 88.2 cm³/mol. The van der Waals surface area contributed by atoms with Gasteiger partial charge < -0.3 is 19.5 Å². The zero-order valence-corrected chi connectivity index (χ0v) is 12.6. The van der Waals surface area contributed by atoms with Gasteiger partial charge in [0.05, 0.1) is 6.61 Å². The summed E-state index contributed by atoms with van der Waals surface area (Å²) < 4.78 is 95.2. The molecular weight excluding hydrogens is 309 g/mol. The number of hydrogen-bond donors (Lipinski definition) is 1. The Bertz CT molecular complexity index is 1040. The molecule has 1 fully saturated rings. The molecule has 0 amide bonds. The fourth-order valence-corrected chi connectivity index (χ4v) is 2.47. The molecule has 1 N–H and O–H groups in total. The Labute approximate surface area is 151 Å². The highest BCUT2D eigenvalue weighted by Crippen LogP contribution is 2.36. The zero-order chi connectivity index (χ0) is 23.6. The van der Waals surface area contributed by atoms with Crippen LogP contribution < -0.4 is 19.5 Å². The van der Waals surface area contributed by atoms with E-state index in [1.54, 1.807) is 0 Å². The average molecular weight is 337 g/mol. The molecule has 2 aliphatic rings. The lowest BCUT2D eigenvalue weighted by molar-refractivity contribution is 0.173. The molecule has 126 valence electrons. The summed E-state index contributed by atoms with van der Waals surface area (Å²) in [5.41, 5.74) is -0.0632. The van der Waals surface area contributed by atoms with Crippen LogP contribution in [0.1, 0.15) is 28.8 Å². The second-order valence-electron chi connectivity index (χ2n) is 5.27. The first-order chi connectivity index (χ1) is 14.7. The summed E-state index contributed by atoms with van der Waals surface area (Å²) in [6.07, 6.45) is -2.90. The minimum Gasteiger partial charge on any atom is -0.493 e. The topological polar surface area (TPSA) is 39.7 Å². The van der Waals surface area contributed by atoms with Gasteiger partial charge in [-0.2, -0.15) is 0 Å². The van der Waals surface area contributed by atoms with Crippen molar-refractivity contribution in [2.45, 2.75) is 12.3 Å². The highest BCUT2D eigenvalue weighted by Gasteiger charge is 2.27. The second-order valence-corrected chi connectivity index (χ2v) is 5.27. The molecule has 24 heavy (non-hydrogen) atoms. The van der Waals surface area contributed by atoms with Gasteiger partial charge in [-0.15, -0.1) is 0 Å². The molecule has 2 heterocycles. The lowest BCUT2D eigenvalue weighted by Crippen LogP contribution is -2.38. The average Bonchev–Trinajstić information content (AvgIpc) is 3.02. The van der Waals surface area contributed by atoms with Crippen LogP contribution in [0.5, 0.6) is 17.2 Å². The molecule has 0 spiro atoms. The summed E-state index contributed by atoms with van der Waals surface area (Å²) in [4.78, 5) is 0. The lowest BCUT2D eigenvalue weighted by atomic mass is 9.81. The molecule has 0 bridgehead atoms. The fourth-order valence-electron chi connectivity index (χ4n) is 2.47. The van der Waals surface area contributed by atoms with E-state index in [1.165, 1.54) is 30.3 Å². The van der Waals surface area contributed by atoms with E-state index in [1.807, 2.05) is 0 Å². The molecule has 1 saturated heterocycles. The number of hydrogen-bond acceptors (Lipinski definition) is 4. The maximum atomic E-state index is 13.5. The number of fused-ring (bicyclic) bond motifs is 1. The van der Waals surface area contributed by atoms with Gasteiger partial charge in [-0.3, -0.25) is 0 Å². The molecule has 4 rings (SSSR count).